The number of hydrogen-bond donors (Lipinski definition) is 8. The van der Waals surface area contributed by atoms with Crippen LogP contribution in [0.3, 0.4) is 0 Å². The highest BCUT2D eigenvalue weighted by atomic mass is 33.1. The molecular weight excluding hydrogens is 1330 g/mol. The average molecular weight is 1420 g/mol. The first-order valence-electron chi connectivity index (χ1n) is 36.7. The number of methoxy groups -OCH3 is 1. The second-order valence-corrected chi connectivity index (χ2v) is 34.6. The van der Waals surface area contributed by atoms with Gasteiger partial charge in [0.1, 0.15) is 11.9 Å². The molecular formula is C84H98N2O10S4. The van der Waals surface area contributed by atoms with Crippen LogP contribution in [0.2, 0.25) is 0 Å². The monoisotopic (exact) mass is 1420 g/mol. The number of phenols is 3. The number of aromatic amines is 1. The van der Waals surface area contributed by atoms with Gasteiger partial charge in [-0.25, -0.2) is 0 Å². The van der Waals surface area contributed by atoms with Gasteiger partial charge in [-0.1, -0.05) is 160 Å². The van der Waals surface area contributed by atoms with E-state index in [1.807, 2.05) is 55.7 Å². The largest absolute Gasteiger partial charge is 0.508 e. The van der Waals surface area contributed by atoms with E-state index in [0.29, 0.717) is 78.4 Å². The Morgan fingerprint density at radius 2 is 1.52 bits per heavy atom. The molecule has 2 bridgehead atoms. The predicted molar refractivity (Wildman–Crippen MR) is 407 cm³/mol. The maximum absolute atomic E-state index is 18.2. The van der Waals surface area contributed by atoms with Gasteiger partial charge in [0.25, 0.3) is 0 Å². The molecule has 1 aromatic heterocycles. The lowest BCUT2D eigenvalue weighted by Crippen LogP contribution is -2.63. The third kappa shape index (κ3) is 14.1. The molecule has 3 aliphatic heterocycles. The van der Waals surface area contributed by atoms with E-state index in [4.69, 9.17) is 14.2 Å². The number of aliphatic hydroxyl groups is 3. The number of rotatable bonds is 15. The van der Waals surface area contributed by atoms with Gasteiger partial charge in [0.05, 0.1) is 36.6 Å². The van der Waals surface area contributed by atoms with E-state index < -0.39 is 52.1 Å². The maximum atomic E-state index is 18.2. The highest BCUT2D eigenvalue weighted by Gasteiger charge is 2.62. The minimum atomic E-state index is -1.81. The van der Waals surface area contributed by atoms with Gasteiger partial charge in [-0.05, 0) is 235 Å². The molecule has 100 heavy (non-hydrogen) atoms. The molecule has 14 atom stereocenters. The third-order valence-corrected chi connectivity index (χ3v) is 29.3. The van der Waals surface area contributed by atoms with Crippen molar-refractivity contribution in [2.75, 3.05) is 50.7 Å². The Morgan fingerprint density at radius 1 is 0.710 bits per heavy atom. The highest BCUT2D eigenvalue weighted by molar-refractivity contribution is 8.77. The van der Waals surface area contributed by atoms with Crippen molar-refractivity contribution in [3.8, 4) is 28.7 Å². The van der Waals surface area contributed by atoms with Crippen LogP contribution in [0.4, 0.5) is 0 Å². The van der Waals surface area contributed by atoms with Crippen LogP contribution in [0, 0.1) is 41.4 Å². The Labute approximate surface area is 605 Å². The van der Waals surface area contributed by atoms with Crippen LogP contribution < -0.4 is 14.8 Å². The minimum Gasteiger partial charge on any atom is -0.508 e. The Bertz CT molecular complexity index is 4130. The normalized spacial score (nSPS) is 28.9. The number of benzene rings is 7. The van der Waals surface area contributed by atoms with Gasteiger partial charge >= 0.3 is 0 Å². The number of hydrogen-bond acceptors (Lipinski definition) is 15. The van der Waals surface area contributed by atoms with Gasteiger partial charge in [0.15, 0.2) is 28.8 Å². The molecule has 12 nitrogen and oxygen atoms in total. The molecule has 16 heteroatoms. The molecule has 0 amide bonds. The fourth-order valence-electron chi connectivity index (χ4n) is 19.1. The molecule has 3 aliphatic carbocycles. The molecule has 0 spiro atoms. The SMILES string of the molecule is CCOCC1CCC2CSSCC(C3(c4cc(O)cc(C56CCCC(Cc7ccccc7Cc7ccccc7)C5CCCN6)c4)C(=O)C4C(CSSC(CO)c5cccc6ccc(CC)c(c56)Cc5c(ccc(O)c5OC)CC(Cc5cc[nH]c5)C4O)CC3O)c3ccc(O)c(c3)OC2C1. The van der Waals surface area contributed by atoms with Gasteiger partial charge < -0.3 is 55.2 Å². The van der Waals surface area contributed by atoms with Crippen molar-refractivity contribution in [2.24, 2.45) is 41.4 Å². The highest BCUT2D eigenvalue weighted by Crippen LogP contribution is 2.59. The number of fused-ring (bicyclic) bond motifs is 6. The van der Waals surface area contributed by atoms with E-state index in [0.717, 1.165) is 133 Å². The number of piperidine rings is 1. The topological polar surface area (TPSA) is 194 Å². The van der Waals surface area contributed by atoms with Crippen LogP contribution in [0.1, 0.15) is 150 Å². The number of ether oxygens (including phenoxy) is 3. The summed E-state index contributed by atoms with van der Waals surface area (Å²) in [6.07, 6.45) is 12.2. The van der Waals surface area contributed by atoms with Gasteiger partial charge in [0, 0.05) is 78.1 Å². The first-order chi connectivity index (χ1) is 48.8. The molecule has 6 aliphatic rings. The number of Topliss-reactive ketones (excluding diaryl/α,β-unsaturated/α-hetero) is 1. The fourth-order valence-corrected chi connectivity index (χ4v) is 24.8. The van der Waals surface area contributed by atoms with Gasteiger partial charge in [0.2, 0.25) is 0 Å². The van der Waals surface area contributed by atoms with Gasteiger partial charge in [-0.2, -0.15) is 0 Å². The molecule has 8 N–H and O–H groups in total. The van der Waals surface area contributed by atoms with Crippen LogP contribution in [0.15, 0.2) is 152 Å². The quantitative estimate of drug-likeness (QED) is 0.0452. The van der Waals surface area contributed by atoms with Crippen molar-refractivity contribution in [3.05, 3.63) is 219 Å². The standard InChI is InChI=1S/C84H98N2O10S4/c1-4-54-24-25-55-18-11-20-67-76(46-87)100-99-49-63-40-77(91)84(71-50-98-97-48-61-23-22-53(47-95-5-2)36-74(61)96-75-39-60(71)27-28-72(75)89,82(93)79(63)80(92)62(35-52-30-33-85-45-52)38-58-26-29-73(90)81(94-3)69(58)44-68(54)78(55)67)65-41-64(42-66(88)43-65)83-31-12-19-59(70(83)21-13-32-86-83)37-57-17-10-9-16-56(57)34-51-14-7-6-8-15-51/h6-11,14-18,20,24-30,33,39,41-43,45,53,59,61-63,70-71,74,76-77,79-80,85-92H,4-5,12-13,19,21-23,31-32,34-38,40,44,46-50H2,1-3H3. The summed E-state index contributed by atoms with van der Waals surface area (Å²) in [4.78, 5) is 21.4. The molecule has 4 fully saturated rings. The summed E-state index contributed by atoms with van der Waals surface area (Å²) in [5, 5.41) is 82.9. The van der Waals surface area contributed by atoms with Crippen molar-refractivity contribution in [1.82, 2.24) is 10.3 Å². The van der Waals surface area contributed by atoms with Gasteiger partial charge in [-0.3, -0.25) is 4.79 Å². The van der Waals surface area contributed by atoms with Crippen molar-refractivity contribution in [3.63, 3.8) is 0 Å². The van der Waals surface area contributed by atoms with E-state index in [-0.39, 0.29) is 54.0 Å². The maximum Gasteiger partial charge on any atom is 0.164 e. The number of aromatic hydroxyl groups is 3. The van der Waals surface area contributed by atoms with Gasteiger partial charge in [-0.15, -0.1) is 0 Å². The van der Waals surface area contributed by atoms with Crippen molar-refractivity contribution in [1.29, 1.82) is 0 Å². The number of carbonyl (C=O) groups excluding carboxylic acids is 1. The Kier molecular flexibility index (Phi) is 22.4. The lowest BCUT2D eigenvalue weighted by Gasteiger charge is -2.54. The van der Waals surface area contributed by atoms with Crippen molar-refractivity contribution >= 4 is 59.7 Å². The Morgan fingerprint density at radius 3 is 2.33 bits per heavy atom. The fraction of sp³-hybridized carbons (Fsp3) is 0.464. The first kappa shape index (κ1) is 71.0. The first-order valence-corrected chi connectivity index (χ1v) is 41.5. The van der Waals surface area contributed by atoms with Crippen LogP contribution in [0.25, 0.3) is 10.8 Å². The number of aromatic nitrogens is 1. The molecule has 528 valence electrons. The average Bonchev–Trinajstić information content (AvgIpc) is 0.794. The number of aryl methyl sites for hydroxylation is 1. The number of aliphatic hydroxyl groups excluding tert-OH is 3. The summed E-state index contributed by atoms with van der Waals surface area (Å²) in [5.41, 5.74) is 9.50. The van der Waals surface area contributed by atoms with E-state index in [2.05, 4.69) is 102 Å². The second kappa shape index (κ2) is 31.5. The van der Waals surface area contributed by atoms with E-state index in [1.54, 1.807) is 68.5 Å². The second-order valence-electron chi connectivity index (χ2n) is 29.4. The van der Waals surface area contributed by atoms with Crippen LogP contribution >= 0.6 is 43.2 Å². The zero-order valence-electron chi connectivity index (χ0n) is 57.9. The van der Waals surface area contributed by atoms with Crippen LogP contribution in [0.5, 0.6) is 28.7 Å². The Balaban J connectivity index is 0.942. The number of H-pyrrole nitrogens is 1. The van der Waals surface area contributed by atoms with Crippen molar-refractivity contribution < 1.29 is 49.6 Å². The number of carbonyl (C=O) groups is 1. The third-order valence-electron chi connectivity index (χ3n) is 23.9. The van der Waals surface area contributed by atoms with E-state index in [9.17, 15) is 30.6 Å². The summed E-state index contributed by atoms with van der Waals surface area (Å²) in [7, 11) is 8.20. The molecule has 4 heterocycles. The minimum absolute atomic E-state index is 0.000613. The smallest absolute Gasteiger partial charge is 0.164 e. The molecule has 14 unspecified atom stereocenters. The molecule has 7 aromatic carbocycles. The summed E-state index contributed by atoms with van der Waals surface area (Å²) < 4.78 is 19.3. The summed E-state index contributed by atoms with van der Waals surface area (Å²) in [6, 6.07) is 47.2. The number of phenolic OH excluding ortho intramolecular Hbond substituents is 3. The van der Waals surface area contributed by atoms with E-state index >= 15 is 4.79 Å². The zero-order valence-corrected chi connectivity index (χ0v) is 61.1. The van der Waals surface area contributed by atoms with E-state index in [1.165, 1.54) is 16.7 Å². The molecule has 3 saturated carbocycles. The molecule has 1 saturated heterocycles. The summed E-state index contributed by atoms with van der Waals surface area (Å²) in [6.45, 7) is 6.07. The predicted octanol–water partition coefficient (Wildman–Crippen LogP) is 16.3. The Hall–Kier alpha value is -6.05. The van der Waals surface area contributed by atoms with Crippen LogP contribution in [-0.2, 0) is 59.0 Å². The number of nitrogens with one attached hydrogen (secondary N) is 2. The zero-order chi connectivity index (χ0) is 69.1. The van der Waals surface area contributed by atoms with Crippen LogP contribution in [-0.4, -0.2) is 110 Å². The summed E-state index contributed by atoms with van der Waals surface area (Å²) in [5.74, 6) is -0.193. The lowest BCUT2D eigenvalue weighted by atomic mass is 9.52. The molecule has 0 radical (unpaired) electrons. The number of ketones is 1. The molecule has 14 rings (SSSR count). The van der Waals surface area contributed by atoms with Crippen molar-refractivity contribution in [2.45, 2.75) is 151 Å². The lowest BCUT2D eigenvalue weighted by molar-refractivity contribution is -0.150. The summed E-state index contributed by atoms with van der Waals surface area (Å²) >= 11 is 0. The molecule has 8 aromatic rings.